The van der Waals surface area contributed by atoms with E-state index in [4.69, 9.17) is 14.7 Å². The molecule has 2 heterocycles. The number of benzene rings is 1. The Morgan fingerprint density at radius 3 is 2.51 bits per heavy atom. The first kappa shape index (κ1) is 24.1. The summed E-state index contributed by atoms with van der Waals surface area (Å²) in [5.74, 6) is 1.22. The predicted octanol–water partition coefficient (Wildman–Crippen LogP) is 4.02. The first-order valence-electron chi connectivity index (χ1n) is 12.3. The number of rotatable bonds is 7. The summed E-state index contributed by atoms with van der Waals surface area (Å²) in [6.07, 6.45) is 3.60. The molecule has 3 aliphatic rings. The lowest BCUT2D eigenvalue weighted by atomic mass is 10.1. The van der Waals surface area contributed by atoms with E-state index in [2.05, 4.69) is 22.5 Å². The third kappa shape index (κ3) is 5.05. The zero-order valence-corrected chi connectivity index (χ0v) is 21.3. The number of aromatic nitrogens is 2. The van der Waals surface area contributed by atoms with Crippen LogP contribution in [0.5, 0.6) is 0 Å². The Balaban J connectivity index is 1.48. The lowest BCUT2D eigenvalue weighted by molar-refractivity contribution is 0.0985. The molecule has 10 heteroatoms. The van der Waals surface area contributed by atoms with Crippen molar-refractivity contribution >= 4 is 27.7 Å². The Hall–Kier alpha value is -2.56. The Labute approximate surface area is 207 Å². The highest BCUT2D eigenvalue weighted by Crippen LogP contribution is 2.45. The van der Waals surface area contributed by atoms with Crippen LogP contribution in [0.15, 0.2) is 30.3 Å². The van der Waals surface area contributed by atoms with Crippen LogP contribution in [0.2, 0.25) is 0 Å². The van der Waals surface area contributed by atoms with Crippen LogP contribution in [-0.2, 0) is 23.9 Å². The van der Waals surface area contributed by atoms with E-state index in [1.54, 1.807) is 13.8 Å². The number of morpholine rings is 1. The van der Waals surface area contributed by atoms with Gasteiger partial charge in [-0.1, -0.05) is 4.21 Å². The van der Waals surface area contributed by atoms with Crippen LogP contribution in [0.4, 0.5) is 16.3 Å². The lowest BCUT2D eigenvalue weighted by Crippen LogP contribution is -2.44. The largest absolute Gasteiger partial charge is 0.377 e. The van der Waals surface area contributed by atoms with Crippen molar-refractivity contribution in [3.05, 3.63) is 36.0 Å². The second-order valence-electron chi connectivity index (χ2n) is 10.3. The average Bonchev–Trinajstić information content (AvgIpc) is 3.74. The van der Waals surface area contributed by atoms with Crippen LogP contribution in [-0.4, -0.2) is 57.6 Å². The molecule has 0 radical (unpaired) electrons. The van der Waals surface area contributed by atoms with Crippen LogP contribution < -0.4 is 15.5 Å². The first-order valence-corrected chi connectivity index (χ1v) is 13.9. The standard InChI is InChI=1S/C25H33N5O4S/c1-16-15-34-13-12-30(16)22-14-21(25(2,3)35(32,33)20-10-11-20)28-23(29-22)17-4-6-18(7-5-17)26-24(31)27-19-8-9-19/h4-7,14,16,19-20H,8-13,15H2,1-3H3,(H2-,26,27,28,29,31,32,33)/p+1/t16-/m0/s1. The van der Waals surface area contributed by atoms with E-state index in [-0.39, 0.29) is 23.4 Å². The molecule has 1 saturated heterocycles. The van der Waals surface area contributed by atoms with Crippen molar-refractivity contribution < 1.29 is 18.3 Å². The highest BCUT2D eigenvalue weighted by molar-refractivity contribution is 7.99. The van der Waals surface area contributed by atoms with E-state index in [1.807, 2.05) is 30.3 Å². The van der Waals surface area contributed by atoms with Crippen LogP contribution in [0.3, 0.4) is 0 Å². The van der Waals surface area contributed by atoms with Gasteiger partial charge in [0.25, 0.3) is 0 Å². The van der Waals surface area contributed by atoms with Crippen molar-refractivity contribution in [3.8, 4) is 11.4 Å². The highest BCUT2D eigenvalue weighted by atomic mass is 32.3. The molecule has 0 bridgehead atoms. The number of carbonyl (C=O) groups is 1. The van der Waals surface area contributed by atoms with Crippen molar-refractivity contribution in [1.82, 2.24) is 15.3 Å². The van der Waals surface area contributed by atoms with Gasteiger partial charge in [0.2, 0.25) is 10.2 Å². The summed E-state index contributed by atoms with van der Waals surface area (Å²) in [5.41, 5.74) is 2.01. The molecule has 1 aromatic carbocycles. The molecule has 1 aromatic heterocycles. The summed E-state index contributed by atoms with van der Waals surface area (Å²) >= 11 is 0. The second kappa shape index (κ2) is 9.15. The molecular weight excluding hydrogens is 466 g/mol. The van der Waals surface area contributed by atoms with E-state index < -0.39 is 15.0 Å². The van der Waals surface area contributed by atoms with Crippen molar-refractivity contribution in [3.63, 3.8) is 0 Å². The van der Waals surface area contributed by atoms with Crippen molar-refractivity contribution in [1.29, 1.82) is 0 Å². The SMILES string of the molecule is C[C@H]1COCCN1c1cc(C(C)(C)[S+](=O)(O)C2CC2)nc(-c2ccc(NC(=O)NC3CC3)cc2)n1. The van der Waals surface area contributed by atoms with Gasteiger partial charge in [0.15, 0.2) is 15.8 Å². The fourth-order valence-electron chi connectivity index (χ4n) is 4.32. The first-order chi connectivity index (χ1) is 16.6. The molecule has 2 aliphatic carbocycles. The summed E-state index contributed by atoms with van der Waals surface area (Å²) in [6.45, 7) is 7.58. The van der Waals surface area contributed by atoms with E-state index in [0.29, 0.717) is 37.0 Å². The topological polar surface area (TPSA) is 117 Å². The van der Waals surface area contributed by atoms with Crippen molar-refractivity contribution in [2.24, 2.45) is 0 Å². The number of hydrogen-bond acceptors (Lipinski definition) is 6. The number of ether oxygens (including phenoxy) is 1. The van der Waals surface area contributed by atoms with Gasteiger partial charge in [-0.05, 0) is 57.9 Å². The molecule has 2 atom stereocenters. The third-order valence-corrected chi connectivity index (χ3v) is 10.1. The van der Waals surface area contributed by atoms with Gasteiger partial charge in [-0.3, -0.25) is 0 Å². The van der Waals surface area contributed by atoms with E-state index in [1.165, 1.54) is 0 Å². The molecule has 188 valence electrons. The maximum absolute atomic E-state index is 13.4. The zero-order valence-electron chi connectivity index (χ0n) is 20.5. The van der Waals surface area contributed by atoms with E-state index >= 15 is 0 Å². The molecule has 2 aromatic rings. The summed E-state index contributed by atoms with van der Waals surface area (Å²) in [4.78, 5) is 23.9. The Kier molecular flexibility index (Phi) is 6.31. The fourth-order valence-corrected chi connectivity index (χ4v) is 6.34. The molecule has 5 rings (SSSR count). The van der Waals surface area contributed by atoms with Crippen LogP contribution in [0.1, 0.15) is 52.1 Å². The molecule has 2 saturated carbocycles. The third-order valence-electron chi connectivity index (χ3n) is 7.01. The molecule has 3 fully saturated rings. The van der Waals surface area contributed by atoms with Gasteiger partial charge in [0.1, 0.15) is 11.5 Å². The lowest BCUT2D eigenvalue weighted by Gasteiger charge is -2.35. The van der Waals surface area contributed by atoms with E-state index in [9.17, 15) is 13.6 Å². The normalized spacial score (nSPS) is 22.4. The Morgan fingerprint density at radius 1 is 1.17 bits per heavy atom. The van der Waals surface area contributed by atoms with Gasteiger partial charge in [0.05, 0.1) is 19.3 Å². The number of nitrogens with one attached hydrogen (secondary N) is 2. The van der Waals surface area contributed by atoms with Crippen LogP contribution in [0, 0.1) is 0 Å². The van der Waals surface area contributed by atoms with Crippen molar-refractivity contribution in [2.45, 2.75) is 68.5 Å². The van der Waals surface area contributed by atoms with Gasteiger partial charge in [0, 0.05) is 42.7 Å². The number of hydrogen-bond donors (Lipinski definition) is 3. The van der Waals surface area contributed by atoms with Crippen molar-refractivity contribution in [2.75, 3.05) is 30.0 Å². The van der Waals surface area contributed by atoms with Crippen LogP contribution in [0.25, 0.3) is 11.4 Å². The summed E-state index contributed by atoms with van der Waals surface area (Å²) in [7, 11) is -3.14. The number of anilines is 2. The Bertz CT molecular complexity index is 1150. The molecule has 35 heavy (non-hydrogen) atoms. The monoisotopic (exact) mass is 500 g/mol. The molecule has 1 unspecified atom stereocenters. The number of amides is 2. The molecular formula is C25H34N5O4S+. The van der Waals surface area contributed by atoms with Gasteiger partial charge in [-0.15, -0.1) is 0 Å². The minimum atomic E-state index is -3.14. The maximum Gasteiger partial charge on any atom is 0.319 e. The quantitative estimate of drug-likeness (QED) is 0.492. The highest BCUT2D eigenvalue weighted by Gasteiger charge is 2.59. The molecule has 1 aliphatic heterocycles. The number of carbonyl (C=O) groups excluding carboxylic acids is 1. The number of urea groups is 1. The maximum atomic E-state index is 13.4. The summed E-state index contributed by atoms with van der Waals surface area (Å²) < 4.78 is 29.0. The van der Waals surface area contributed by atoms with Gasteiger partial charge >= 0.3 is 6.03 Å². The minimum Gasteiger partial charge on any atom is -0.377 e. The average molecular weight is 501 g/mol. The molecule has 0 spiro atoms. The molecule has 2 amide bonds. The zero-order chi connectivity index (χ0) is 24.8. The molecule has 9 nitrogen and oxygen atoms in total. The summed E-state index contributed by atoms with van der Waals surface area (Å²) in [5, 5.41) is 5.57. The second-order valence-corrected chi connectivity index (χ2v) is 13.1. The fraction of sp³-hybridized carbons (Fsp3) is 0.560. The van der Waals surface area contributed by atoms with E-state index in [0.717, 1.165) is 37.1 Å². The summed E-state index contributed by atoms with van der Waals surface area (Å²) in [6, 6.07) is 9.43. The Morgan fingerprint density at radius 2 is 1.89 bits per heavy atom. The minimum absolute atomic E-state index is 0.126. The van der Waals surface area contributed by atoms with Gasteiger partial charge in [-0.25, -0.2) is 14.8 Å². The van der Waals surface area contributed by atoms with Gasteiger partial charge < -0.3 is 20.3 Å². The number of nitrogens with zero attached hydrogens (tertiary/aromatic N) is 3. The molecule has 3 N–H and O–H groups in total. The van der Waals surface area contributed by atoms with Gasteiger partial charge in [-0.2, -0.15) is 4.55 Å². The van der Waals surface area contributed by atoms with Crippen LogP contribution >= 0.6 is 0 Å². The smallest absolute Gasteiger partial charge is 0.319 e. The predicted molar refractivity (Wildman–Crippen MR) is 137 cm³/mol.